The van der Waals surface area contributed by atoms with Crippen LogP contribution in [0.15, 0.2) is 97.2 Å². The molecule has 6 heteroatoms. The molecule has 0 aromatic carbocycles. The molecule has 6 nitrogen and oxygen atoms in total. The maximum Gasteiger partial charge on any atom is 0.306 e. The molecule has 0 aliphatic rings. The molecule has 472 valence electrons. The van der Waals surface area contributed by atoms with Gasteiger partial charge in [-0.25, -0.2) is 0 Å². The first-order valence-corrected chi connectivity index (χ1v) is 35.2. The SMILES string of the molecule is CC/C=C\C/C=C\C/C=C\C/C=C\C/C=C\CCCCCCCCCCCCCCCCCC(=O)OCC(COC(=O)CCCCCCC/C=C\CCCCCCCC)OC(=O)CCCCCCCCC/C=C\C/C=C\CCCCCC. The van der Waals surface area contributed by atoms with E-state index in [1.165, 1.54) is 199 Å². The monoisotopic (exact) mass is 1140 g/mol. The highest BCUT2D eigenvalue weighted by atomic mass is 16.6. The fraction of sp³-hybridized carbons (Fsp3) is 0.750. The normalized spacial score (nSPS) is 12.7. The van der Waals surface area contributed by atoms with Gasteiger partial charge < -0.3 is 14.2 Å². The Morgan fingerprint density at radius 1 is 0.256 bits per heavy atom. The van der Waals surface area contributed by atoms with E-state index in [1.807, 2.05) is 0 Å². The topological polar surface area (TPSA) is 78.9 Å². The van der Waals surface area contributed by atoms with E-state index in [-0.39, 0.29) is 31.1 Å². The van der Waals surface area contributed by atoms with Gasteiger partial charge in [0.2, 0.25) is 0 Å². The second-order valence-corrected chi connectivity index (χ2v) is 23.4. The van der Waals surface area contributed by atoms with Crippen molar-refractivity contribution in [2.24, 2.45) is 0 Å². The van der Waals surface area contributed by atoms with Gasteiger partial charge >= 0.3 is 17.9 Å². The van der Waals surface area contributed by atoms with Gasteiger partial charge in [-0.05, 0) is 122 Å². The molecule has 0 aliphatic heterocycles. The van der Waals surface area contributed by atoms with Crippen LogP contribution in [-0.4, -0.2) is 37.2 Å². The maximum absolute atomic E-state index is 12.9. The number of allylic oxidation sites excluding steroid dienone is 16. The predicted molar refractivity (Wildman–Crippen MR) is 357 cm³/mol. The predicted octanol–water partition coefficient (Wildman–Crippen LogP) is 24.4. The first kappa shape index (κ1) is 78.3. The van der Waals surface area contributed by atoms with Gasteiger partial charge in [0.1, 0.15) is 13.2 Å². The van der Waals surface area contributed by atoms with Gasteiger partial charge in [0.25, 0.3) is 0 Å². The Morgan fingerprint density at radius 3 is 0.768 bits per heavy atom. The molecular formula is C76H132O6. The quantitative estimate of drug-likeness (QED) is 0.0261. The van der Waals surface area contributed by atoms with Crippen molar-refractivity contribution in [3.05, 3.63) is 97.2 Å². The van der Waals surface area contributed by atoms with Crippen molar-refractivity contribution in [3.8, 4) is 0 Å². The van der Waals surface area contributed by atoms with Gasteiger partial charge in [-0.3, -0.25) is 14.4 Å². The third kappa shape index (κ3) is 67.1. The molecule has 0 saturated carbocycles. The second kappa shape index (κ2) is 69.8. The van der Waals surface area contributed by atoms with Crippen molar-refractivity contribution in [3.63, 3.8) is 0 Å². The van der Waals surface area contributed by atoms with Crippen LogP contribution >= 0.6 is 0 Å². The fourth-order valence-corrected chi connectivity index (χ4v) is 10.0. The molecule has 0 radical (unpaired) electrons. The standard InChI is InChI=1S/C76H132O6/c1-4-7-10-13-16-19-22-25-28-30-32-33-34-35-36-37-38-39-40-41-42-43-44-46-48-51-54-57-60-63-66-69-75(78)81-72-73(71-80-74(77)68-65-62-59-56-53-50-47-27-24-21-18-15-12-9-6-3)82-76(79)70-67-64-61-58-55-52-49-45-31-29-26-23-20-17-14-11-8-5-2/h7,10,16,19-20,23,25,27-29,31-33,35-36,47,73H,4-6,8-9,11-15,17-18,21-22,24,26,30,34,37-46,48-72H2,1-3H3/b10-7-,19-16-,23-20-,28-25-,31-29-,33-32-,36-35-,47-27-. The lowest BCUT2D eigenvalue weighted by atomic mass is 10.0. The van der Waals surface area contributed by atoms with Crippen molar-refractivity contribution in [2.45, 2.75) is 354 Å². The Bertz CT molecular complexity index is 1590. The Hall–Kier alpha value is -3.67. The van der Waals surface area contributed by atoms with E-state index in [0.29, 0.717) is 19.3 Å². The van der Waals surface area contributed by atoms with Gasteiger partial charge in [0.15, 0.2) is 6.10 Å². The summed E-state index contributed by atoms with van der Waals surface area (Å²) in [4.78, 5) is 38.4. The zero-order valence-corrected chi connectivity index (χ0v) is 54.2. The number of esters is 3. The first-order chi connectivity index (χ1) is 40.5. The molecule has 0 fully saturated rings. The molecule has 0 aliphatic carbocycles. The number of hydrogen-bond donors (Lipinski definition) is 0. The Labute approximate surface area is 508 Å². The number of carbonyl (C=O) groups excluding carboxylic acids is 3. The molecule has 0 amide bonds. The largest absolute Gasteiger partial charge is 0.462 e. The molecule has 0 saturated heterocycles. The van der Waals surface area contributed by atoms with Gasteiger partial charge in [0, 0.05) is 19.3 Å². The smallest absolute Gasteiger partial charge is 0.306 e. The molecule has 0 heterocycles. The maximum atomic E-state index is 12.9. The lowest BCUT2D eigenvalue weighted by Gasteiger charge is -2.18. The van der Waals surface area contributed by atoms with Crippen LogP contribution in [0.5, 0.6) is 0 Å². The molecule has 1 unspecified atom stereocenters. The summed E-state index contributed by atoms with van der Waals surface area (Å²) in [5.41, 5.74) is 0. The summed E-state index contributed by atoms with van der Waals surface area (Å²) in [6.45, 7) is 6.53. The minimum Gasteiger partial charge on any atom is -0.462 e. The number of carbonyl (C=O) groups is 3. The van der Waals surface area contributed by atoms with Gasteiger partial charge in [-0.2, -0.15) is 0 Å². The summed E-state index contributed by atoms with van der Waals surface area (Å²) in [7, 11) is 0. The van der Waals surface area contributed by atoms with E-state index < -0.39 is 6.10 Å². The van der Waals surface area contributed by atoms with Crippen molar-refractivity contribution in [1.29, 1.82) is 0 Å². The van der Waals surface area contributed by atoms with E-state index in [9.17, 15) is 14.4 Å². The first-order valence-electron chi connectivity index (χ1n) is 35.2. The van der Waals surface area contributed by atoms with E-state index >= 15 is 0 Å². The van der Waals surface area contributed by atoms with Crippen LogP contribution in [0.3, 0.4) is 0 Å². The molecule has 0 aromatic rings. The average molecular weight is 1140 g/mol. The fourth-order valence-electron chi connectivity index (χ4n) is 10.0. The van der Waals surface area contributed by atoms with Gasteiger partial charge in [-0.1, -0.05) is 304 Å². The van der Waals surface area contributed by atoms with E-state index in [1.54, 1.807) is 0 Å². The molecule has 0 bridgehead atoms. The Morgan fingerprint density at radius 2 is 0.476 bits per heavy atom. The Kier molecular flexibility index (Phi) is 66.7. The van der Waals surface area contributed by atoms with Gasteiger partial charge in [0.05, 0.1) is 0 Å². The van der Waals surface area contributed by atoms with E-state index in [2.05, 4.69) is 118 Å². The highest BCUT2D eigenvalue weighted by molar-refractivity contribution is 5.71. The zero-order valence-electron chi connectivity index (χ0n) is 54.2. The van der Waals surface area contributed by atoms with Crippen LogP contribution < -0.4 is 0 Å². The van der Waals surface area contributed by atoms with Crippen LogP contribution in [0, 0.1) is 0 Å². The van der Waals surface area contributed by atoms with Crippen LogP contribution in [0.1, 0.15) is 348 Å². The zero-order chi connectivity index (χ0) is 59.2. The van der Waals surface area contributed by atoms with Crippen molar-refractivity contribution < 1.29 is 28.6 Å². The summed E-state index contributed by atoms with van der Waals surface area (Å²) in [5.74, 6) is -0.881. The lowest BCUT2D eigenvalue weighted by molar-refractivity contribution is -0.167. The minimum atomic E-state index is -0.786. The van der Waals surface area contributed by atoms with Crippen molar-refractivity contribution >= 4 is 17.9 Å². The number of ether oxygens (including phenoxy) is 3. The Balaban J connectivity index is 4.26. The van der Waals surface area contributed by atoms with Crippen molar-refractivity contribution in [2.75, 3.05) is 13.2 Å². The number of rotatable bonds is 64. The molecule has 82 heavy (non-hydrogen) atoms. The van der Waals surface area contributed by atoms with Gasteiger partial charge in [-0.15, -0.1) is 0 Å². The third-order valence-electron chi connectivity index (χ3n) is 15.3. The van der Waals surface area contributed by atoms with Crippen LogP contribution in [-0.2, 0) is 28.6 Å². The summed E-state index contributed by atoms with van der Waals surface area (Å²) in [6, 6.07) is 0. The number of unbranched alkanes of at least 4 members (excludes halogenated alkanes) is 37. The molecular weight excluding hydrogens is 1010 g/mol. The molecule has 0 N–H and O–H groups in total. The van der Waals surface area contributed by atoms with E-state index in [4.69, 9.17) is 14.2 Å². The average Bonchev–Trinajstić information content (AvgIpc) is 3.47. The second-order valence-electron chi connectivity index (χ2n) is 23.4. The van der Waals surface area contributed by atoms with E-state index in [0.717, 1.165) is 109 Å². The summed E-state index contributed by atoms with van der Waals surface area (Å²) < 4.78 is 17.0. The van der Waals surface area contributed by atoms with Crippen LogP contribution in [0.25, 0.3) is 0 Å². The molecule has 0 spiro atoms. The van der Waals surface area contributed by atoms with Crippen LogP contribution in [0.4, 0.5) is 0 Å². The molecule has 0 rings (SSSR count). The van der Waals surface area contributed by atoms with Crippen LogP contribution in [0.2, 0.25) is 0 Å². The summed E-state index contributed by atoms with van der Waals surface area (Å²) >= 11 is 0. The molecule has 1 atom stereocenters. The minimum absolute atomic E-state index is 0.0807. The summed E-state index contributed by atoms with van der Waals surface area (Å²) in [6.07, 6.45) is 94.3. The third-order valence-corrected chi connectivity index (χ3v) is 15.3. The highest BCUT2D eigenvalue weighted by Gasteiger charge is 2.19. The van der Waals surface area contributed by atoms with Crippen molar-refractivity contribution in [1.82, 2.24) is 0 Å². The molecule has 0 aromatic heterocycles. The number of hydrogen-bond acceptors (Lipinski definition) is 6. The highest BCUT2D eigenvalue weighted by Crippen LogP contribution is 2.17. The lowest BCUT2D eigenvalue weighted by Crippen LogP contribution is -2.30. The summed E-state index contributed by atoms with van der Waals surface area (Å²) in [5, 5.41) is 0.